The van der Waals surface area contributed by atoms with Crippen molar-refractivity contribution in [3.05, 3.63) is 42.0 Å². The first-order valence-corrected chi connectivity index (χ1v) is 7.34. The molecule has 1 aromatic carbocycles. The SMILES string of the molecule is C=C(C)CN=C(N)NCC1CCN(c2ccc(F)c(F)c2)C1.I. The van der Waals surface area contributed by atoms with E-state index >= 15 is 0 Å². The molecule has 128 valence electrons. The monoisotopic (exact) mass is 436 g/mol. The summed E-state index contributed by atoms with van der Waals surface area (Å²) in [7, 11) is 0. The van der Waals surface area contributed by atoms with Crippen LogP contribution in [0.2, 0.25) is 0 Å². The van der Waals surface area contributed by atoms with Gasteiger partial charge in [-0.15, -0.1) is 24.0 Å². The van der Waals surface area contributed by atoms with Crippen LogP contribution in [0.5, 0.6) is 0 Å². The Kier molecular flexibility index (Phi) is 7.74. The van der Waals surface area contributed by atoms with Crippen molar-refractivity contribution in [1.29, 1.82) is 0 Å². The van der Waals surface area contributed by atoms with Gasteiger partial charge in [0, 0.05) is 31.4 Å². The molecule has 2 rings (SSSR count). The Hall–Kier alpha value is -1.38. The molecule has 1 heterocycles. The highest BCUT2D eigenvalue weighted by atomic mass is 127. The molecule has 7 heteroatoms. The van der Waals surface area contributed by atoms with Gasteiger partial charge in [-0.2, -0.15) is 0 Å². The molecule has 0 amide bonds. The molecule has 0 saturated carbocycles. The first kappa shape index (κ1) is 19.7. The smallest absolute Gasteiger partial charge is 0.188 e. The van der Waals surface area contributed by atoms with Crippen LogP contribution in [-0.2, 0) is 0 Å². The van der Waals surface area contributed by atoms with E-state index < -0.39 is 11.6 Å². The van der Waals surface area contributed by atoms with Gasteiger partial charge in [0.05, 0.1) is 6.54 Å². The van der Waals surface area contributed by atoms with Gasteiger partial charge in [-0.05, 0) is 31.4 Å². The topological polar surface area (TPSA) is 53.6 Å². The van der Waals surface area contributed by atoms with Crippen LogP contribution in [-0.4, -0.2) is 32.1 Å². The zero-order valence-corrected chi connectivity index (χ0v) is 15.5. The minimum atomic E-state index is -0.817. The van der Waals surface area contributed by atoms with E-state index in [0.29, 0.717) is 30.7 Å². The van der Waals surface area contributed by atoms with Crippen molar-refractivity contribution in [2.75, 3.05) is 31.1 Å². The molecule has 23 heavy (non-hydrogen) atoms. The third-order valence-electron chi connectivity index (χ3n) is 3.65. The molecular formula is C16H23F2IN4. The number of rotatable bonds is 5. The Balaban J connectivity index is 0.00000264. The molecule has 1 aromatic rings. The van der Waals surface area contributed by atoms with E-state index in [4.69, 9.17) is 5.73 Å². The Labute approximate surface area is 152 Å². The number of hydrogen-bond donors (Lipinski definition) is 2. The van der Waals surface area contributed by atoms with E-state index in [1.54, 1.807) is 6.07 Å². The van der Waals surface area contributed by atoms with Crippen LogP contribution < -0.4 is 16.0 Å². The van der Waals surface area contributed by atoms with Crippen LogP contribution in [0.4, 0.5) is 14.5 Å². The molecule has 0 aliphatic carbocycles. The quantitative estimate of drug-likeness (QED) is 0.323. The molecule has 1 fully saturated rings. The lowest BCUT2D eigenvalue weighted by molar-refractivity contribution is 0.508. The standard InChI is InChI=1S/C16H22F2N4.HI/c1-11(2)8-20-16(19)21-9-12-5-6-22(10-12)13-3-4-14(17)15(18)7-13;/h3-4,7,12H,1,5-6,8-10H2,2H3,(H3,19,20,21);1H. The van der Waals surface area contributed by atoms with Gasteiger partial charge in [0.1, 0.15) is 0 Å². The van der Waals surface area contributed by atoms with E-state index in [-0.39, 0.29) is 24.0 Å². The second-order valence-corrected chi connectivity index (χ2v) is 5.74. The summed E-state index contributed by atoms with van der Waals surface area (Å²) in [5, 5.41) is 3.10. The average molecular weight is 436 g/mol. The average Bonchev–Trinajstić information content (AvgIpc) is 2.94. The maximum Gasteiger partial charge on any atom is 0.188 e. The number of benzene rings is 1. The van der Waals surface area contributed by atoms with Crippen LogP contribution in [0, 0.1) is 17.6 Å². The van der Waals surface area contributed by atoms with Crippen molar-refractivity contribution in [2.24, 2.45) is 16.6 Å². The summed E-state index contributed by atoms with van der Waals surface area (Å²) in [4.78, 5) is 6.21. The van der Waals surface area contributed by atoms with Crippen LogP contribution >= 0.6 is 24.0 Å². The third kappa shape index (κ3) is 5.96. The van der Waals surface area contributed by atoms with Crippen molar-refractivity contribution in [1.82, 2.24) is 5.32 Å². The summed E-state index contributed by atoms with van der Waals surface area (Å²) >= 11 is 0. The zero-order valence-electron chi connectivity index (χ0n) is 13.2. The molecule has 1 atom stereocenters. The van der Waals surface area contributed by atoms with Crippen LogP contribution in [0.3, 0.4) is 0 Å². The molecule has 1 aliphatic heterocycles. The van der Waals surface area contributed by atoms with E-state index in [9.17, 15) is 8.78 Å². The van der Waals surface area contributed by atoms with E-state index in [2.05, 4.69) is 21.8 Å². The minimum absolute atomic E-state index is 0. The normalized spacial score (nSPS) is 17.8. The van der Waals surface area contributed by atoms with E-state index in [0.717, 1.165) is 25.1 Å². The van der Waals surface area contributed by atoms with Crippen LogP contribution in [0.1, 0.15) is 13.3 Å². The van der Waals surface area contributed by atoms with Crippen LogP contribution in [0.15, 0.2) is 35.3 Å². The largest absolute Gasteiger partial charge is 0.371 e. The molecule has 1 aliphatic rings. The van der Waals surface area contributed by atoms with Crippen molar-refractivity contribution in [2.45, 2.75) is 13.3 Å². The minimum Gasteiger partial charge on any atom is -0.371 e. The van der Waals surface area contributed by atoms with Crippen molar-refractivity contribution < 1.29 is 8.78 Å². The summed E-state index contributed by atoms with van der Waals surface area (Å²) in [5.74, 6) is -0.820. The third-order valence-corrected chi connectivity index (χ3v) is 3.65. The predicted octanol–water partition coefficient (Wildman–Crippen LogP) is 2.89. The lowest BCUT2D eigenvalue weighted by Gasteiger charge is -2.19. The van der Waals surface area contributed by atoms with Crippen molar-refractivity contribution >= 4 is 35.6 Å². The van der Waals surface area contributed by atoms with Gasteiger partial charge in [-0.25, -0.2) is 13.8 Å². The first-order valence-electron chi connectivity index (χ1n) is 7.34. The van der Waals surface area contributed by atoms with Crippen molar-refractivity contribution in [3.8, 4) is 0 Å². The molecule has 1 saturated heterocycles. The first-order chi connectivity index (χ1) is 10.5. The number of guanidine groups is 1. The summed E-state index contributed by atoms with van der Waals surface area (Å²) in [6, 6.07) is 4.02. The highest BCUT2D eigenvalue weighted by Gasteiger charge is 2.23. The van der Waals surface area contributed by atoms with E-state index in [1.165, 1.54) is 12.1 Å². The summed E-state index contributed by atoms with van der Waals surface area (Å²) < 4.78 is 26.2. The second kappa shape index (κ2) is 9.05. The van der Waals surface area contributed by atoms with Gasteiger partial charge >= 0.3 is 0 Å². The van der Waals surface area contributed by atoms with Gasteiger partial charge in [-0.3, -0.25) is 0 Å². The number of aliphatic imine (C=N–C) groups is 1. The Bertz CT molecular complexity index is 577. The molecule has 0 spiro atoms. The Morgan fingerprint density at radius 1 is 1.43 bits per heavy atom. The molecule has 0 bridgehead atoms. The number of hydrogen-bond acceptors (Lipinski definition) is 2. The molecule has 4 nitrogen and oxygen atoms in total. The van der Waals surface area contributed by atoms with Gasteiger partial charge in [0.15, 0.2) is 17.6 Å². The summed E-state index contributed by atoms with van der Waals surface area (Å²) in [5.41, 5.74) is 7.44. The highest BCUT2D eigenvalue weighted by molar-refractivity contribution is 14.0. The number of nitrogens with zero attached hydrogens (tertiary/aromatic N) is 2. The molecule has 0 radical (unpaired) electrons. The van der Waals surface area contributed by atoms with Gasteiger partial charge in [0.2, 0.25) is 0 Å². The van der Waals surface area contributed by atoms with Crippen LogP contribution in [0.25, 0.3) is 0 Å². The Morgan fingerprint density at radius 3 is 2.83 bits per heavy atom. The molecule has 1 unspecified atom stereocenters. The summed E-state index contributed by atoms with van der Waals surface area (Å²) in [6.07, 6.45) is 0.972. The fraction of sp³-hybridized carbons (Fsp3) is 0.438. The maximum atomic E-state index is 13.3. The fourth-order valence-electron chi connectivity index (χ4n) is 2.44. The summed E-state index contributed by atoms with van der Waals surface area (Å²) in [6.45, 7) is 8.50. The highest BCUT2D eigenvalue weighted by Crippen LogP contribution is 2.24. The van der Waals surface area contributed by atoms with Gasteiger partial charge in [0.25, 0.3) is 0 Å². The number of halogens is 3. The molecule has 3 N–H and O–H groups in total. The second-order valence-electron chi connectivity index (χ2n) is 5.74. The number of nitrogens with one attached hydrogen (secondary N) is 1. The lowest BCUT2D eigenvalue weighted by atomic mass is 10.1. The van der Waals surface area contributed by atoms with Gasteiger partial charge in [-0.1, -0.05) is 12.2 Å². The van der Waals surface area contributed by atoms with E-state index in [1.807, 2.05) is 6.92 Å². The lowest BCUT2D eigenvalue weighted by Crippen LogP contribution is -2.36. The zero-order chi connectivity index (χ0) is 16.1. The maximum absolute atomic E-state index is 13.3. The number of nitrogens with two attached hydrogens (primary N) is 1. The number of anilines is 1. The fourth-order valence-corrected chi connectivity index (χ4v) is 2.44. The molecular weight excluding hydrogens is 413 g/mol. The van der Waals surface area contributed by atoms with Crippen molar-refractivity contribution in [3.63, 3.8) is 0 Å². The Morgan fingerprint density at radius 2 is 2.17 bits per heavy atom. The van der Waals surface area contributed by atoms with Gasteiger partial charge < -0.3 is 16.0 Å². The predicted molar refractivity (Wildman–Crippen MR) is 101 cm³/mol. The molecule has 0 aromatic heterocycles.